The Kier molecular flexibility index (Phi) is 2.60. The average molecular weight is 257 g/mol. The van der Waals surface area contributed by atoms with E-state index in [0.717, 1.165) is 15.8 Å². The van der Waals surface area contributed by atoms with E-state index in [1.165, 1.54) is 11.3 Å². The van der Waals surface area contributed by atoms with Gasteiger partial charge in [-0.1, -0.05) is 23.5 Å². The van der Waals surface area contributed by atoms with E-state index >= 15 is 0 Å². The second-order valence-corrected chi connectivity index (χ2v) is 5.01. The minimum atomic E-state index is -0.170. The molecule has 3 rings (SSSR count). The third-order valence-corrected chi connectivity index (χ3v) is 3.62. The van der Waals surface area contributed by atoms with Crippen LogP contribution in [0.2, 0.25) is 0 Å². The molecule has 0 aliphatic heterocycles. The zero-order valence-corrected chi connectivity index (χ0v) is 10.5. The van der Waals surface area contributed by atoms with Crippen molar-refractivity contribution in [2.45, 2.75) is 6.92 Å². The first kappa shape index (κ1) is 11.0. The third-order valence-electron chi connectivity index (χ3n) is 2.68. The van der Waals surface area contributed by atoms with Crippen molar-refractivity contribution >= 4 is 32.6 Å². The zero-order chi connectivity index (χ0) is 12.5. The molecule has 4 nitrogen and oxygen atoms in total. The lowest BCUT2D eigenvalue weighted by molar-refractivity contribution is 0.102. The second-order valence-electron chi connectivity index (χ2n) is 3.98. The summed E-state index contributed by atoms with van der Waals surface area (Å²) in [4.78, 5) is 19.2. The predicted octanol–water partition coefficient (Wildman–Crippen LogP) is 3.19. The molecule has 0 unspecified atom stereocenters. The summed E-state index contributed by atoms with van der Waals surface area (Å²) in [6, 6.07) is 9.53. The molecule has 1 aromatic carbocycles. The molecule has 0 aliphatic rings. The number of carbonyl (C=O) groups is 1. The van der Waals surface area contributed by atoms with Gasteiger partial charge in [-0.2, -0.15) is 0 Å². The maximum absolute atomic E-state index is 11.9. The van der Waals surface area contributed by atoms with E-state index in [2.05, 4.69) is 15.3 Å². The quantitative estimate of drug-likeness (QED) is 0.740. The van der Waals surface area contributed by atoms with Gasteiger partial charge in [-0.05, 0) is 30.7 Å². The summed E-state index contributed by atoms with van der Waals surface area (Å²) in [6.07, 6.45) is 1.72. The van der Waals surface area contributed by atoms with Crippen LogP contribution >= 0.6 is 11.3 Å². The highest BCUT2D eigenvalue weighted by molar-refractivity contribution is 7.22. The van der Waals surface area contributed by atoms with Gasteiger partial charge in [0.1, 0.15) is 5.69 Å². The molecule has 1 amide bonds. The number of anilines is 1. The van der Waals surface area contributed by atoms with Crippen molar-refractivity contribution in [2.24, 2.45) is 0 Å². The molecule has 2 heterocycles. The SMILES string of the molecule is Cc1cccc2sc(NC(=O)c3ccc[nH]3)nc12. The summed E-state index contributed by atoms with van der Waals surface area (Å²) in [5.74, 6) is -0.170. The highest BCUT2D eigenvalue weighted by Gasteiger charge is 2.10. The lowest BCUT2D eigenvalue weighted by Crippen LogP contribution is -2.11. The van der Waals surface area contributed by atoms with Crippen LogP contribution in [0.1, 0.15) is 16.1 Å². The third kappa shape index (κ3) is 1.89. The lowest BCUT2D eigenvalue weighted by atomic mass is 10.2. The number of aromatic nitrogens is 2. The minimum Gasteiger partial charge on any atom is -0.357 e. The molecule has 0 bridgehead atoms. The summed E-state index contributed by atoms with van der Waals surface area (Å²) < 4.78 is 1.08. The van der Waals surface area contributed by atoms with E-state index in [4.69, 9.17) is 0 Å². The zero-order valence-electron chi connectivity index (χ0n) is 9.73. The number of nitrogens with one attached hydrogen (secondary N) is 2. The Hall–Kier alpha value is -2.14. The second kappa shape index (κ2) is 4.27. The molecular formula is C13H11N3OS. The van der Waals surface area contributed by atoms with Crippen molar-refractivity contribution in [3.8, 4) is 0 Å². The van der Waals surface area contributed by atoms with Crippen LogP contribution in [0.3, 0.4) is 0 Å². The fourth-order valence-electron chi connectivity index (χ4n) is 1.78. The molecule has 2 N–H and O–H groups in total. The number of fused-ring (bicyclic) bond motifs is 1. The Bertz CT molecular complexity index is 700. The molecule has 90 valence electrons. The van der Waals surface area contributed by atoms with Crippen LogP contribution in [0.25, 0.3) is 10.2 Å². The van der Waals surface area contributed by atoms with Crippen molar-refractivity contribution in [3.63, 3.8) is 0 Å². The Balaban J connectivity index is 1.92. The van der Waals surface area contributed by atoms with Crippen molar-refractivity contribution < 1.29 is 4.79 Å². The van der Waals surface area contributed by atoms with Crippen molar-refractivity contribution in [3.05, 3.63) is 47.8 Å². The molecule has 0 fully saturated rings. The summed E-state index contributed by atoms with van der Waals surface area (Å²) >= 11 is 1.48. The van der Waals surface area contributed by atoms with Crippen LogP contribution in [-0.2, 0) is 0 Å². The Morgan fingerprint density at radius 1 is 1.33 bits per heavy atom. The van der Waals surface area contributed by atoms with E-state index in [1.54, 1.807) is 18.3 Å². The van der Waals surface area contributed by atoms with Gasteiger partial charge in [0.05, 0.1) is 10.2 Å². The topological polar surface area (TPSA) is 57.8 Å². The molecule has 2 aromatic heterocycles. The van der Waals surface area contributed by atoms with E-state index in [9.17, 15) is 4.79 Å². The van der Waals surface area contributed by atoms with Gasteiger partial charge in [-0.3, -0.25) is 10.1 Å². The van der Waals surface area contributed by atoms with Gasteiger partial charge >= 0.3 is 0 Å². The summed E-state index contributed by atoms with van der Waals surface area (Å²) in [5, 5.41) is 3.42. The van der Waals surface area contributed by atoms with Crippen molar-refractivity contribution in [1.29, 1.82) is 0 Å². The minimum absolute atomic E-state index is 0.170. The van der Waals surface area contributed by atoms with Gasteiger partial charge in [-0.25, -0.2) is 4.98 Å². The molecule has 0 saturated carbocycles. The van der Waals surface area contributed by atoms with Crippen LogP contribution < -0.4 is 5.32 Å². The molecular weight excluding hydrogens is 246 g/mol. The summed E-state index contributed by atoms with van der Waals surface area (Å²) in [5.41, 5.74) is 2.60. The molecule has 18 heavy (non-hydrogen) atoms. The van der Waals surface area contributed by atoms with Crippen LogP contribution in [-0.4, -0.2) is 15.9 Å². The van der Waals surface area contributed by atoms with Gasteiger partial charge in [0.15, 0.2) is 5.13 Å². The highest BCUT2D eigenvalue weighted by atomic mass is 32.1. The van der Waals surface area contributed by atoms with E-state index < -0.39 is 0 Å². The van der Waals surface area contributed by atoms with Crippen molar-refractivity contribution in [2.75, 3.05) is 5.32 Å². The number of hydrogen-bond acceptors (Lipinski definition) is 3. The number of nitrogens with zero attached hydrogens (tertiary/aromatic N) is 1. The fraction of sp³-hybridized carbons (Fsp3) is 0.0769. The van der Waals surface area contributed by atoms with E-state index in [-0.39, 0.29) is 5.91 Å². The largest absolute Gasteiger partial charge is 0.357 e. The average Bonchev–Trinajstić information content (AvgIpc) is 2.97. The summed E-state index contributed by atoms with van der Waals surface area (Å²) in [7, 11) is 0. The number of aryl methyl sites for hydroxylation is 1. The first-order chi connectivity index (χ1) is 8.74. The molecule has 0 saturated heterocycles. The number of thiazole rings is 1. The number of aromatic amines is 1. The number of rotatable bonds is 2. The Labute approximate surface area is 108 Å². The maximum atomic E-state index is 11.9. The van der Waals surface area contributed by atoms with Gasteiger partial charge in [-0.15, -0.1) is 0 Å². The standard InChI is InChI=1S/C13H11N3OS/c1-8-4-2-6-10-11(8)15-13(18-10)16-12(17)9-5-3-7-14-9/h2-7,14H,1H3,(H,15,16,17). The predicted molar refractivity (Wildman–Crippen MR) is 73.1 cm³/mol. The molecule has 0 spiro atoms. The number of para-hydroxylation sites is 1. The number of benzene rings is 1. The highest BCUT2D eigenvalue weighted by Crippen LogP contribution is 2.27. The maximum Gasteiger partial charge on any atom is 0.273 e. The number of H-pyrrole nitrogens is 1. The van der Waals surface area contributed by atoms with Gasteiger partial charge in [0.2, 0.25) is 0 Å². The first-order valence-corrected chi connectivity index (χ1v) is 6.36. The van der Waals surface area contributed by atoms with Crippen LogP contribution in [0, 0.1) is 6.92 Å². The van der Waals surface area contributed by atoms with E-state index in [1.807, 2.05) is 25.1 Å². The van der Waals surface area contributed by atoms with Crippen LogP contribution in [0.4, 0.5) is 5.13 Å². The number of hydrogen-bond donors (Lipinski definition) is 2. The molecule has 0 aliphatic carbocycles. The molecule has 5 heteroatoms. The number of carbonyl (C=O) groups excluding carboxylic acids is 1. The van der Waals surface area contributed by atoms with Gasteiger partial charge in [0, 0.05) is 6.20 Å². The Morgan fingerprint density at radius 3 is 2.94 bits per heavy atom. The smallest absolute Gasteiger partial charge is 0.273 e. The van der Waals surface area contributed by atoms with Crippen LogP contribution in [0.15, 0.2) is 36.5 Å². The number of amides is 1. The fourth-order valence-corrected chi connectivity index (χ4v) is 2.71. The lowest BCUT2D eigenvalue weighted by Gasteiger charge is -1.97. The monoisotopic (exact) mass is 257 g/mol. The molecule has 3 aromatic rings. The van der Waals surface area contributed by atoms with Crippen LogP contribution in [0.5, 0.6) is 0 Å². The Morgan fingerprint density at radius 2 is 2.22 bits per heavy atom. The molecule has 0 radical (unpaired) electrons. The molecule has 0 atom stereocenters. The van der Waals surface area contributed by atoms with Crippen molar-refractivity contribution in [1.82, 2.24) is 9.97 Å². The van der Waals surface area contributed by atoms with Gasteiger partial charge < -0.3 is 4.98 Å². The summed E-state index contributed by atoms with van der Waals surface area (Å²) in [6.45, 7) is 2.01. The van der Waals surface area contributed by atoms with Gasteiger partial charge in [0.25, 0.3) is 5.91 Å². The normalized spacial score (nSPS) is 10.7. The first-order valence-electron chi connectivity index (χ1n) is 5.55. The van der Waals surface area contributed by atoms with E-state index in [0.29, 0.717) is 10.8 Å².